The summed E-state index contributed by atoms with van der Waals surface area (Å²) in [5.41, 5.74) is 1.73. The number of amides is 1. The number of carbonyl (C=O) groups excluding carboxylic acids is 1. The molecule has 0 aliphatic carbocycles. The van der Waals surface area contributed by atoms with E-state index in [1.807, 2.05) is 24.1 Å². The molecule has 0 saturated carbocycles. The van der Waals surface area contributed by atoms with Crippen LogP contribution in [0.3, 0.4) is 0 Å². The van der Waals surface area contributed by atoms with Gasteiger partial charge in [-0.05, 0) is 32.0 Å². The Kier molecular flexibility index (Phi) is 3.33. The smallest absolute Gasteiger partial charge is 0.271 e. The third-order valence-corrected chi connectivity index (χ3v) is 4.22. The van der Waals surface area contributed by atoms with E-state index in [9.17, 15) is 4.79 Å². The summed E-state index contributed by atoms with van der Waals surface area (Å²) in [4.78, 5) is 20.0. The van der Waals surface area contributed by atoms with Crippen molar-refractivity contribution in [2.24, 2.45) is 0 Å². The number of morpholine rings is 1. The monoisotopic (exact) mass is 263 g/mol. The van der Waals surface area contributed by atoms with Crippen LogP contribution < -0.4 is 0 Å². The lowest BCUT2D eigenvalue weighted by Gasteiger charge is -2.46. The second kappa shape index (κ2) is 4.98. The van der Waals surface area contributed by atoms with Crippen LogP contribution in [0, 0.1) is 6.92 Å². The minimum Gasteiger partial charge on any atom is -0.374 e. The lowest BCUT2D eigenvalue weighted by atomic mass is 9.98. The molecule has 104 valence electrons. The third-order valence-electron chi connectivity index (χ3n) is 4.22. The van der Waals surface area contributed by atoms with E-state index < -0.39 is 0 Å². The summed E-state index contributed by atoms with van der Waals surface area (Å²) in [7, 11) is 2.10. The highest BCUT2D eigenvalue weighted by atomic mass is 16.5. The quantitative estimate of drug-likeness (QED) is 0.818. The van der Waals surface area contributed by atoms with E-state index in [0.717, 1.165) is 25.1 Å². The standard InChI is InChI=1S/C14H21N3O2/c1-10-3-5-15-13(10)14(18)17-7-8-19-12-4-6-16(2)9-11(12)17/h3,5,11-12,15H,4,6-9H2,1-2H3/t11-,12+/m1/s1. The van der Waals surface area contributed by atoms with Crippen molar-refractivity contribution in [3.8, 4) is 0 Å². The number of ether oxygens (including phenoxy) is 1. The molecule has 0 spiro atoms. The van der Waals surface area contributed by atoms with E-state index in [-0.39, 0.29) is 18.1 Å². The Bertz CT molecular complexity index is 471. The number of aryl methyl sites for hydroxylation is 1. The van der Waals surface area contributed by atoms with Gasteiger partial charge in [0.25, 0.3) is 5.91 Å². The molecule has 0 unspecified atom stereocenters. The molecule has 2 aliphatic heterocycles. The predicted octanol–water partition coefficient (Wildman–Crippen LogP) is 0.868. The van der Waals surface area contributed by atoms with Crippen LogP contribution in [-0.2, 0) is 4.74 Å². The topological polar surface area (TPSA) is 48.6 Å². The fourth-order valence-corrected chi connectivity index (χ4v) is 3.10. The highest BCUT2D eigenvalue weighted by molar-refractivity contribution is 5.94. The number of aromatic amines is 1. The molecule has 5 nitrogen and oxygen atoms in total. The summed E-state index contributed by atoms with van der Waals surface area (Å²) in [5.74, 6) is 0.108. The molecule has 1 aromatic heterocycles. The Morgan fingerprint density at radius 3 is 3.05 bits per heavy atom. The van der Waals surface area contributed by atoms with Gasteiger partial charge in [-0.15, -0.1) is 0 Å². The molecule has 5 heteroatoms. The fourth-order valence-electron chi connectivity index (χ4n) is 3.10. The molecule has 0 radical (unpaired) electrons. The average Bonchev–Trinajstić information content (AvgIpc) is 2.83. The van der Waals surface area contributed by atoms with Gasteiger partial charge in [-0.3, -0.25) is 4.79 Å². The van der Waals surface area contributed by atoms with Gasteiger partial charge in [-0.25, -0.2) is 0 Å². The largest absolute Gasteiger partial charge is 0.374 e. The molecule has 1 aromatic rings. The molecule has 3 rings (SSSR count). The second-order valence-corrected chi connectivity index (χ2v) is 5.56. The predicted molar refractivity (Wildman–Crippen MR) is 72.2 cm³/mol. The molecule has 1 amide bonds. The first-order valence-electron chi connectivity index (χ1n) is 6.92. The van der Waals surface area contributed by atoms with E-state index in [1.54, 1.807) is 0 Å². The van der Waals surface area contributed by atoms with Crippen molar-refractivity contribution in [3.63, 3.8) is 0 Å². The molecule has 2 fully saturated rings. The van der Waals surface area contributed by atoms with Gasteiger partial charge in [0.2, 0.25) is 0 Å². The van der Waals surface area contributed by atoms with Crippen LogP contribution in [0.1, 0.15) is 22.5 Å². The van der Waals surface area contributed by atoms with Crippen molar-refractivity contribution in [3.05, 3.63) is 23.5 Å². The summed E-state index contributed by atoms with van der Waals surface area (Å²) >= 11 is 0. The first-order valence-corrected chi connectivity index (χ1v) is 6.92. The Hall–Kier alpha value is -1.33. The van der Waals surface area contributed by atoms with Gasteiger partial charge in [-0.1, -0.05) is 0 Å². The van der Waals surface area contributed by atoms with Crippen molar-refractivity contribution < 1.29 is 9.53 Å². The Morgan fingerprint density at radius 1 is 1.47 bits per heavy atom. The lowest BCUT2D eigenvalue weighted by molar-refractivity contribution is -0.0871. The van der Waals surface area contributed by atoms with Gasteiger partial charge in [-0.2, -0.15) is 0 Å². The SMILES string of the molecule is Cc1cc[nH]c1C(=O)N1CCO[C@H]2CCN(C)C[C@H]21. The maximum absolute atomic E-state index is 12.7. The van der Waals surface area contributed by atoms with Gasteiger partial charge < -0.3 is 19.5 Å². The maximum Gasteiger partial charge on any atom is 0.271 e. The van der Waals surface area contributed by atoms with E-state index in [4.69, 9.17) is 4.74 Å². The van der Waals surface area contributed by atoms with Gasteiger partial charge >= 0.3 is 0 Å². The summed E-state index contributed by atoms with van der Waals surface area (Å²) < 4.78 is 5.83. The van der Waals surface area contributed by atoms with Gasteiger partial charge in [0.15, 0.2) is 0 Å². The minimum absolute atomic E-state index is 0.108. The van der Waals surface area contributed by atoms with Crippen molar-refractivity contribution >= 4 is 5.91 Å². The molecular formula is C14H21N3O2. The molecule has 0 aromatic carbocycles. The van der Waals surface area contributed by atoms with Gasteiger partial charge in [0, 0.05) is 25.8 Å². The van der Waals surface area contributed by atoms with Crippen molar-refractivity contribution in [2.45, 2.75) is 25.5 Å². The number of piperidine rings is 1. The number of fused-ring (bicyclic) bond motifs is 1. The molecule has 2 saturated heterocycles. The fraction of sp³-hybridized carbons (Fsp3) is 0.643. The van der Waals surface area contributed by atoms with Crippen LogP contribution in [-0.4, -0.2) is 66.1 Å². The lowest BCUT2D eigenvalue weighted by Crippen LogP contribution is -2.60. The molecule has 1 N–H and O–H groups in total. The maximum atomic E-state index is 12.7. The first kappa shape index (κ1) is 12.7. The number of likely N-dealkylation sites (tertiary alicyclic amines) is 1. The number of nitrogens with zero attached hydrogens (tertiary/aromatic N) is 2. The highest BCUT2D eigenvalue weighted by Gasteiger charge is 2.39. The molecule has 2 atom stereocenters. The molecular weight excluding hydrogens is 242 g/mol. The van der Waals surface area contributed by atoms with Crippen LogP contribution in [0.25, 0.3) is 0 Å². The van der Waals surface area contributed by atoms with Crippen molar-refractivity contribution in [2.75, 3.05) is 33.3 Å². The van der Waals surface area contributed by atoms with Gasteiger partial charge in [0.1, 0.15) is 5.69 Å². The van der Waals surface area contributed by atoms with Crippen LogP contribution >= 0.6 is 0 Å². The van der Waals surface area contributed by atoms with Crippen molar-refractivity contribution in [1.29, 1.82) is 0 Å². The minimum atomic E-state index is 0.108. The van der Waals surface area contributed by atoms with Gasteiger partial charge in [0.05, 0.1) is 18.8 Å². The first-order chi connectivity index (χ1) is 9.16. The molecule has 0 bridgehead atoms. The Balaban J connectivity index is 1.82. The van der Waals surface area contributed by atoms with Crippen LogP contribution in [0.2, 0.25) is 0 Å². The number of likely N-dealkylation sites (N-methyl/N-ethyl adjacent to an activating group) is 1. The zero-order valence-electron chi connectivity index (χ0n) is 11.6. The van der Waals surface area contributed by atoms with E-state index in [2.05, 4.69) is 16.9 Å². The number of nitrogens with one attached hydrogen (secondary N) is 1. The average molecular weight is 263 g/mol. The van der Waals surface area contributed by atoms with E-state index in [0.29, 0.717) is 18.8 Å². The van der Waals surface area contributed by atoms with E-state index in [1.165, 1.54) is 0 Å². The highest BCUT2D eigenvalue weighted by Crippen LogP contribution is 2.24. The number of hydrogen-bond acceptors (Lipinski definition) is 3. The van der Waals surface area contributed by atoms with Crippen LogP contribution in [0.5, 0.6) is 0 Å². The molecule has 2 aliphatic rings. The summed E-state index contributed by atoms with van der Waals surface area (Å²) in [6.45, 7) is 5.25. The zero-order chi connectivity index (χ0) is 13.4. The van der Waals surface area contributed by atoms with E-state index >= 15 is 0 Å². The van der Waals surface area contributed by atoms with Crippen molar-refractivity contribution in [1.82, 2.24) is 14.8 Å². The zero-order valence-corrected chi connectivity index (χ0v) is 11.6. The Labute approximate surface area is 113 Å². The van der Waals surface area contributed by atoms with Crippen LogP contribution in [0.4, 0.5) is 0 Å². The number of hydrogen-bond donors (Lipinski definition) is 1. The Morgan fingerprint density at radius 2 is 2.32 bits per heavy atom. The number of rotatable bonds is 1. The molecule has 3 heterocycles. The number of carbonyl (C=O) groups is 1. The molecule has 19 heavy (non-hydrogen) atoms. The second-order valence-electron chi connectivity index (χ2n) is 5.56. The number of H-pyrrole nitrogens is 1. The third kappa shape index (κ3) is 2.28. The summed E-state index contributed by atoms with van der Waals surface area (Å²) in [6, 6.07) is 2.13. The summed E-state index contributed by atoms with van der Waals surface area (Å²) in [5, 5.41) is 0. The summed E-state index contributed by atoms with van der Waals surface area (Å²) in [6.07, 6.45) is 3.03. The van der Waals surface area contributed by atoms with Crippen LogP contribution in [0.15, 0.2) is 12.3 Å². The number of aromatic nitrogens is 1. The normalized spacial score (nSPS) is 28.2.